The van der Waals surface area contributed by atoms with Crippen LogP contribution in [-0.2, 0) is 23.9 Å². The fourth-order valence-corrected chi connectivity index (χ4v) is 3.41. The summed E-state index contributed by atoms with van der Waals surface area (Å²) >= 11 is 0. The van der Waals surface area contributed by atoms with Crippen LogP contribution in [0.3, 0.4) is 0 Å². The highest BCUT2D eigenvalue weighted by molar-refractivity contribution is 5.91. The molecule has 2 unspecified atom stereocenters. The van der Waals surface area contributed by atoms with E-state index in [1.165, 1.54) is 64.7 Å². The topological polar surface area (TPSA) is 69.7 Å². The zero-order valence-electron chi connectivity index (χ0n) is 18.5. The Balaban J connectivity index is 1.91. The predicted octanol–water partition coefficient (Wildman–Crippen LogP) is 5.84. The minimum atomic E-state index is -1.06. The predicted molar refractivity (Wildman–Crippen MR) is 115 cm³/mol. The molecule has 1 aliphatic heterocycles. The number of ketones is 1. The van der Waals surface area contributed by atoms with Gasteiger partial charge in [-0.2, -0.15) is 0 Å². The Hall–Kier alpha value is -1.65. The summed E-state index contributed by atoms with van der Waals surface area (Å²) in [5.74, 6) is -1.25. The van der Waals surface area contributed by atoms with E-state index in [4.69, 9.17) is 9.47 Å². The Morgan fingerprint density at radius 2 is 1.34 bits per heavy atom. The molecule has 0 bridgehead atoms. The van der Waals surface area contributed by atoms with Crippen molar-refractivity contribution in [3.8, 4) is 0 Å². The van der Waals surface area contributed by atoms with Crippen LogP contribution in [0.5, 0.6) is 0 Å². The van der Waals surface area contributed by atoms with E-state index in [2.05, 4.69) is 19.1 Å². The van der Waals surface area contributed by atoms with Crippen molar-refractivity contribution in [2.45, 2.75) is 122 Å². The zero-order valence-corrected chi connectivity index (χ0v) is 18.5. The standard InChI is InChI=1S/C24H40O5/c1-3-4-5-6-7-8-9-10-11-12-13-14-15-16-17-18-21(25)19-22-24(27)28-20(2)23(26)29-22/h10-11,20,22H,3-9,12-19H2,1-2H3/b11-10-. The summed E-state index contributed by atoms with van der Waals surface area (Å²) in [6.07, 6.45) is 18.8. The summed E-state index contributed by atoms with van der Waals surface area (Å²) in [6.45, 7) is 3.71. The smallest absolute Gasteiger partial charge is 0.348 e. The van der Waals surface area contributed by atoms with E-state index >= 15 is 0 Å². The van der Waals surface area contributed by atoms with Crippen LogP contribution in [-0.4, -0.2) is 29.9 Å². The molecule has 29 heavy (non-hydrogen) atoms. The van der Waals surface area contributed by atoms with Crippen molar-refractivity contribution in [3.63, 3.8) is 0 Å². The third kappa shape index (κ3) is 12.5. The first kappa shape index (κ1) is 25.4. The van der Waals surface area contributed by atoms with Gasteiger partial charge in [0.15, 0.2) is 6.10 Å². The van der Waals surface area contributed by atoms with E-state index in [1.54, 1.807) is 0 Å². The molecule has 0 aromatic heterocycles. The summed E-state index contributed by atoms with van der Waals surface area (Å²) in [7, 11) is 0. The molecule has 1 aliphatic rings. The maximum Gasteiger partial charge on any atom is 0.348 e. The Morgan fingerprint density at radius 1 is 0.793 bits per heavy atom. The van der Waals surface area contributed by atoms with Gasteiger partial charge in [0, 0.05) is 6.42 Å². The lowest BCUT2D eigenvalue weighted by molar-refractivity contribution is -0.194. The van der Waals surface area contributed by atoms with Crippen LogP contribution in [0.15, 0.2) is 12.2 Å². The van der Waals surface area contributed by atoms with E-state index in [0.29, 0.717) is 6.42 Å². The molecule has 1 saturated heterocycles. The lowest BCUT2D eigenvalue weighted by Gasteiger charge is -2.24. The molecule has 5 heteroatoms. The lowest BCUT2D eigenvalue weighted by Crippen LogP contribution is -2.43. The second kappa shape index (κ2) is 16.2. The number of cyclic esters (lactones) is 2. The number of carbonyl (C=O) groups is 3. The van der Waals surface area contributed by atoms with Gasteiger partial charge in [-0.15, -0.1) is 0 Å². The highest BCUT2D eigenvalue weighted by Gasteiger charge is 2.36. The van der Waals surface area contributed by atoms with Crippen LogP contribution in [0.4, 0.5) is 0 Å². The van der Waals surface area contributed by atoms with Gasteiger partial charge in [-0.05, 0) is 39.0 Å². The van der Waals surface area contributed by atoms with Crippen LogP contribution < -0.4 is 0 Å². The van der Waals surface area contributed by atoms with Crippen molar-refractivity contribution in [2.24, 2.45) is 0 Å². The molecule has 5 nitrogen and oxygen atoms in total. The van der Waals surface area contributed by atoms with Crippen LogP contribution >= 0.6 is 0 Å². The van der Waals surface area contributed by atoms with Crippen LogP contribution in [0.25, 0.3) is 0 Å². The number of hydrogen-bond acceptors (Lipinski definition) is 5. The van der Waals surface area contributed by atoms with Gasteiger partial charge in [0.2, 0.25) is 6.10 Å². The highest BCUT2D eigenvalue weighted by Crippen LogP contribution is 2.16. The average Bonchev–Trinajstić information content (AvgIpc) is 2.69. The number of unbranched alkanes of at least 4 members (excludes halogenated alkanes) is 11. The maximum atomic E-state index is 12.0. The molecule has 166 valence electrons. The molecule has 0 aliphatic carbocycles. The first-order valence-electron chi connectivity index (χ1n) is 11.6. The fourth-order valence-electron chi connectivity index (χ4n) is 3.41. The molecule has 1 rings (SSSR count). The Labute approximate surface area is 176 Å². The summed E-state index contributed by atoms with van der Waals surface area (Å²) < 4.78 is 9.84. The van der Waals surface area contributed by atoms with Gasteiger partial charge in [0.1, 0.15) is 5.78 Å². The summed E-state index contributed by atoms with van der Waals surface area (Å²) in [4.78, 5) is 35.0. The van der Waals surface area contributed by atoms with Crippen molar-refractivity contribution in [2.75, 3.05) is 0 Å². The molecule has 1 fully saturated rings. The second-order valence-electron chi connectivity index (χ2n) is 8.08. The zero-order chi connectivity index (χ0) is 21.3. The number of ether oxygens (including phenoxy) is 2. The molecule has 0 aromatic rings. The first-order chi connectivity index (χ1) is 14.0. The third-order valence-corrected chi connectivity index (χ3v) is 5.28. The van der Waals surface area contributed by atoms with Crippen molar-refractivity contribution in [1.82, 2.24) is 0 Å². The fraction of sp³-hybridized carbons (Fsp3) is 0.792. The minimum absolute atomic E-state index is 0.0491. The van der Waals surface area contributed by atoms with E-state index in [-0.39, 0.29) is 12.2 Å². The molecule has 0 amide bonds. The second-order valence-corrected chi connectivity index (χ2v) is 8.08. The average molecular weight is 409 g/mol. The van der Waals surface area contributed by atoms with Gasteiger partial charge < -0.3 is 9.47 Å². The summed E-state index contributed by atoms with van der Waals surface area (Å²) in [5.41, 5.74) is 0. The van der Waals surface area contributed by atoms with Gasteiger partial charge in [-0.1, -0.05) is 70.4 Å². The minimum Gasteiger partial charge on any atom is -0.448 e. The van der Waals surface area contributed by atoms with Gasteiger partial charge in [-0.25, -0.2) is 9.59 Å². The van der Waals surface area contributed by atoms with E-state index in [0.717, 1.165) is 25.7 Å². The van der Waals surface area contributed by atoms with E-state index in [9.17, 15) is 14.4 Å². The van der Waals surface area contributed by atoms with Crippen molar-refractivity contribution in [1.29, 1.82) is 0 Å². The van der Waals surface area contributed by atoms with Gasteiger partial charge in [0.05, 0.1) is 6.42 Å². The largest absolute Gasteiger partial charge is 0.448 e. The molecule has 1 heterocycles. The Morgan fingerprint density at radius 3 is 1.97 bits per heavy atom. The molecule has 0 aromatic carbocycles. The van der Waals surface area contributed by atoms with Crippen molar-refractivity contribution in [3.05, 3.63) is 12.2 Å². The number of rotatable bonds is 17. The first-order valence-corrected chi connectivity index (χ1v) is 11.6. The summed E-state index contributed by atoms with van der Waals surface area (Å²) in [5, 5.41) is 0. The molecule has 2 atom stereocenters. The molecular weight excluding hydrogens is 368 g/mol. The normalized spacial score (nSPS) is 19.4. The van der Waals surface area contributed by atoms with Crippen molar-refractivity contribution < 1.29 is 23.9 Å². The van der Waals surface area contributed by atoms with Gasteiger partial charge >= 0.3 is 11.9 Å². The highest BCUT2D eigenvalue weighted by atomic mass is 16.6. The van der Waals surface area contributed by atoms with Crippen LogP contribution in [0.1, 0.15) is 110 Å². The Bertz CT molecular complexity index is 511. The number of Topliss-reactive ketones (excluding diaryl/α,β-unsaturated/α-hetero) is 1. The number of hydrogen-bond donors (Lipinski definition) is 0. The molecule has 0 radical (unpaired) electrons. The maximum absolute atomic E-state index is 12.0. The van der Waals surface area contributed by atoms with Crippen LogP contribution in [0, 0.1) is 0 Å². The van der Waals surface area contributed by atoms with Crippen LogP contribution in [0.2, 0.25) is 0 Å². The molecule has 0 spiro atoms. The van der Waals surface area contributed by atoms with E-state index in [1.807, 2.05) is 0 Å². The monoisotopic (exact) mass is 408 g/mol. The molecule has 0 N–H and O–H groups in total. The van der Waals surface area contributed by atoms with E-state index < -0.39 is 24.1 Å². The number of allylic oxidation sites excluding steroid dienone is 2. The lowest BCUT2D eigenvalue weighted by atomic mass is 10.0. The SMILES string of the molecule is CCCCCCCC/C=C\CCCCCCCC(=O)CC1OC(=O)C(C)OC1=O. The summed E-state index contributed by atoms with van der Waals surface area (Å²) in [6, 6.07) is 0. The van der Waals surface area contributed by atoms with Crippen molar-refractivity contribution >= 4 is 17.7 Å². The number of esters is 2. The quantitative estimate of drug-likeness (QED) is 0.172. The molecular formula is C24H40O5. The third-order valence-electron chi connectivity index (χ3n) is 5.28. The van der Waals surface area contributed by atoms with Gasteiger partial charge in [0.25, 0.3) is 0 Å². The Kier molecular flexibility index (Phi) is 14.2. The van der Waals surface area contributed by atoms with Gasteiger partial charge in [-0.3, -0.25) is 4.79 Å². The number of carbonyl (C=O) groups excluding carboxylic acids is 3. The molecule has 0 saturated carbocycles.